The van der Waals surface area contributed by atoms with Crippen molar-refractivity contribution in [2.45, 2.75) is 25.8 Å². The fraction of sp³-hybridized carbons (Fsp3) is 0.692. The van der Waals surface area contributed by atoms with Crippen LogP contribution in [0.15, 0.2) is 23.8 Å². The van der Waals surface area contributed by atoms with Gasteiger partial charge in [-0.15, -0.1) is 0 Å². The van der Waals surface area contributed by atoms with E-state index in [4.69, 9.17) is 0 Å². The highest BCUT2D eigenvalue weighted by Crippen LogP contribution is 2.29. The predicted octanol–water partition coefficient (Wildman–Crippen LogP) is 1.90. The molecule has 0 radical (unpaired) electrons. The average molecular weight is 206 g/mol. The van der Waals surface area contributed by atoms with Crippen LogP contribution in [0.25, 0.3) is 0 Å². The molecule has 0 saturated carbocycles. The second-order valence-electron chi connectivity index (χ2n) is 5.20. The van der Waals surface area contributed by atoms with Crippen molar-refractivity contribution in [1.82, 2.24) is 9.80 Å². The third kappa shape index (κ3) is 2.32. The molecule has 84 valence electrons. The Morgan fingerprint density at radius 3 is 2.47 bits per heavy atom. The molecule has 2 nitrogen and oxygen atoms in total. The van der Waals surface area contributed by atoms with Gasteiger partial charge in [0.05, 0.1) is 0 Å². The lowest BCUT2D eigenvalue weighted by atomic mass is 9.87. The van der Waals surface area contributed by atoms with Crippen molar-refractivity contribution >= 4 is 0 Å². The molecule has 0 bridgehead atoms. The number of likely N-dealkylation sites (N-methyl/N-ethyl adjacent to an activating group) is 1. The van der Waals surface area contributed by atoms with E-state index in [1.807, 2.05) is 0 Å². The monoisotopic (exact) mass is 206 g/mol. The van der Waals surface area contributed by atoms with Gasteiger partial charge in [0.2, 0.25) is 0 Å². The second-order valence-corrected chi connectivity index (χ2v) is 5.20. The molecular weight excluding hydrogens is 184 g/mol. The van der Waals surface area contributed by atoms with Gasteiger partial charge < -0.3 is 4.90 Å². The van der Waals surface area contributed by atoms with Crippen LogP contribution in [-0.4, -0.2) is 48.6 Å². The van der Waals surface area contributed by atoms with Crippen LogP contribution >= 0.6 is 0 Å². The van der Waals surface area contributed by atoms with Crippen molar-refractivity contribution in [3.8, 4) is 0 Å². The largest absolute Gasteiger partial charge is 0.304 e. The van der Waals surface area contributed by atoms with Crippen molar-refractivity contribution < 1.29 is 0 Å². The van der Waals surface area contributed by atoms with E-state index in [1.165, 1.54) is 38.2 Å². The zero-order chi connectivity index (χ0) is 10.9. The van der Waals surface area contributed by atoms with Crippen LogP contribution in [-0.2, 0) is 0 Å². The molecule has 2 aliphatic rings. The Bertz CT molecular complexity index is 285. The highest BCUT2D eigenvalue weighted by Gasteiger charge is 2.32. The maximum Gasteiger partial charge on any atom is 0.0404 e. The molecule has 0 aromatic heterocycles. The van der Waals surface area contributed by atoms with Crippen molar-refractivity contribution in [3.05, 3.63) is 23.8 Å². The third-order valence-corrected chi connectivity index (χ3v) is 3.70. The Morgan fingerprint density at radius 1 is 1.20 bits per heavy atom. The molecule has 0 aromatic rings. The van der Waals surface area contributed by atoms with E-state index in [9.17, 15) is 0 Å². The van der Waals surface area contributed by atoms with E-state index >= 15 is 0 Å². The third-order valence-electron chi connectivity index (χ3n) is 3.70. The molecule has 1 saturated heterocycles. The van der Waals surface area contributed by atoms with Crippen LogP contribution in [0.4, 0.5) is 0 Å². The summed E-state index contributed by atoms with van der Waals surface area (Å²) in [7, 11) is 2.21. The maximum atomic E-state index is 2.62. The Labute approximate surface area is 93.2 Å². The minimum atomic E-state index is 0.264. The van der Waals surface area contributed by atoms with Crippen LogP contribution in [0.2, 0.25) is 0 Å². The number of piperazine rings is 1. The average Bonchev–Trinajstić information content (AvgIpc) is 2.18. The van der Waals surface area contributed by atoms with E-state index in [2.05, 4.69) is 48.9 Å². The highest BCUT2D eigenvalue weighted by molar-refractivity contribution is 5.25. The SMILES string of the molecule is CC1=CC=CC(C)(N2CCN(C)CC2)C1. The van der Waals surface area contributed by atoms with Gasteiger partial charge in [-0.25, -0.2) is 0 Å². The number of rotatable bonds is 1. The van der Waals surface area contributed by atoms with Crippen molar-refractivity contribution in [2.75, 3.05) is 33.2 Å². The number of nitrogens with zero attached hydrogens (tertiary/aromatic N) is 2. The van der Waals surface area contributed by atoms with Gasteiger partial charge in [-0.3, -0.25) is 4.90 Å². The van der Waals surface area contributed by atoms with Crippen molar-refractivity contribution in [1.29, 1.82) is 0 Å². The van der Waals surface area contributed by atoms with Gasteiger partial charge in [0.15, 0.2) is 0 Å². The number of allylic oxidation sites excluding steroid dienone is 2. The molecular formula is C13H22N2. The second kappa shape index (κ2) is 4.11. The van der Waals surface area contributed by atoms with Gasteiger partial charge in [-0.05, 0) is 27.3 Å². The van der Waals surface area contributed by atoms with Crippen LogP contribution in [0.3, 0.4) is 0 Å². The molecule has 1 aliphatic carbocycles. The van der Waals surface area contributed by atoms with E-state index in [-0.39, 0.29) is 5.54 Å². The lowest BCUT2D eigenvalue weighted by Gasteiger charge is -2.45. The normalized spacial score (nSPS) is 34.2. The highest BCUT2D eigenvalue weighted by atomic mass is 15.3. The molecule has 1 unspecified atom stereocenters. The predicted molar refractivity (Wildman–Crippen MR) is 65.0 cm³/mol. The molecule has 0 spiro atoms. The first-order chi connectivity index (χ1) is 7.10. The van der Waals surface area contributed by atoms with Gasteiger partial charge in [0, 0.05) is 31.7 Å². The first kappa shape index (κ1) is 10.9. The summed E-state index contributed by atoms with van der Waals surface area (Å²) in [6, 6.07) is 0. The fourth-order valence-corrected chi connectivity index (χ4v) is 2.64. The Hall–Kier alpha value is -0.600. The van der Waals surface area contributed by atoms with Gasteiger partial charge in [0.25, 0.3) is 0 Å². The van der Waals surface area contributed by atoms with Crippen LogP contribution in [0.5, 0.6) is 0 Å². The van der Waals surface area contributed by atoms with Gasteiger partial charge >= 0.3 is 0 Å². The Kier molecular flexibility index (Phi) is 2.98. The topological polar surface area (TPSA) is 6.48 Å². The van der Waals surface area contributed by atoms with Crippen LogP contribution < -0.4 is 0 Å². The summed E-state index contributed by atoms with van der Waals surface area (Å²) in [6.45, 7) is 9.40. The zero-order valence-electron chi connectivity index (χ0n) is 10.2. The van der Waals surface area contributed by atoms with E-state index in [0.29, 0.717) is 0 Å². The van der Waals surface area contributed by atoms with Crippen molar-refractivity contribution in [3.63, 3.8) is 0 Å². The van der Waals surface area contributed by atoms with Gasteiger partial charge in [-0.1, -0.05) is 23.8 Å². The smallest absolute Gasteiger partial charge is 0.0404 e. The fourth-order valence-electron chi connectivity index (χ4n) is 2.64. The number of hydrogen-bond acceptors (Lipinski definition) is 2. The summed E-state index contributed by atoms with van der Waals surface area (Å²) in [4.78, 5) is 5.04. The molecule has 1 aliphatic heterocycles. The zero-order valence-corrected chi connectivity index (χ0v) is 10.2. The Balaban J connectivity index is 2.04. The van der Waals surface area contributed by atoms with Gasteiger partial charge in [0.1, 0.15) is 0 Å². The lowest BCUT2D eigenvalue weighted by Crippen LogP contribution is -2.54. The van der Waals surface area contributed by atoms with E-state index in [1.54, 1.807) is 0 Å². The molecule has 15 heavy (non-hydrogen) atoms. The summed E-state index contributed by atoms with van der Waals surface area (Å²) in [5.74, 6) is 0. The molecule has 2 rings (SSSR count). The summed E-state index contributed by atoms with van der Waals surface area (Å²) in [6.07, 6.45) is 8.01. The van der Waals surface area contributed by atoms with E-state index in [0.717, 1.165) is 0 Å². The molecule has 0 amide bonds. The standard InChI is InChI=1S/C13H22N2/c1-12-5-4-6-13(2,11-12)15-9-7-14(3)8-10-15/h4-6H,7-11H2,1-3H3. The molecule has 1 fully saturated rings. The summed E-state index contributed by atoms with van der Waals surface area (Å²) in [5, 5.41) is 0. The summed E-state index contributed by atoms with van der Waals surface area (Å²) in [5.41, 5.74) is 1.76. The van der Waals surface area contributed by atoms with Crippen LogP contribution in [0.1, 0.15) is 20.3 Å². The van der Waals surface area contributed by atoms with E-state index < -0.39 is 0 Å². The first-order valence-corrected chi connectivity index (χ1v) is 5.89. The molecule has 2 heteroatoms. The van der Waals surface area contributed by atoms with Crippen molar-refractivity contribution in [2.24, 2.45) is 0 Å². The summed E-state index contributed by atoms with van der Waals surface area (Å²) >= 11 is 0. The molecule has 0 N–H and O–H groups in total. The molecule has 1 heterocycles. The first-order valence-electron chi connectivity index (χ1n) is 5.89. The molecule has 0 aromatic carbocycles. The lowest BCUT2D eigenvalue weighted by molar-refractivity contribution is 0.0787. The quantitative estimate of drug-likeness (QED) is 0.646. The van der Waals surface area contributed by atoms with Gasteiger partial charge in [-0.2, -0.15) is 0 Å². The minimum absolute atomic E-state index is 0.264. The summed E-state index contributed by atoms with van der Waals surface area (Å²) < 4.78 is 0. The number of hydrogen-bond donors (Lipinski definition) is 0. The molecule has 1 atom stereocenters. The maximum absolute atomic E-state index is 2.62. The minimum Gasteiger partial charge on any atom is -0.304 e. The van der Waals surface area contributed by atoms with Crippen LogP contribution in [0, 0.1) is 0 Å². The Morgan fingerprint density at radius 2 is 1.87 bits per heavy atom.